The molecule has 1 aliphatic heterocycles. The van der Waals surface area contributed by atoms with E-state index in [1.54, 1.807) is 18.3 Å². The molecule has 1 atom stereocenters. The molecular formula is C18H28N4O3. The van der Waals surface area contributed by atoms with Crippen LogP contribution in [0.4, 0.5) is 10.6 Å². The van der Waals surface area contributed by atoms with Crippen LogP contribution in [0.5, 0.6) is 0 Å². The van der Waals surface area contributed by atoms with Gasteiger partial charge in [0.2, 0.25) is 0 Å². The van der Waals surface area contributed by atoms with Crippen LogP contribution < -0.4 is 10.2 Å². The number of aromatic nitrogens is 1. The van der Waals surface area contributed by atoms with Crippen LogP contribution >= 0.6 is 0 Å². The van der Waals surface area contributed by atoms with E-state index in [2.05, 4.69) is 10.3 Å². The van der Waals surface area contributed by atoms with Gasteiger partial charge in [0, 0.05) is 45.5 Å². The normalized spacial score (nSPS) is 17.3. The van der Waals surface area contributed by atoms with Crippen LogP contribution in [-0.2, 0) is 4.74 Å². The summed E-state index contributed by atoms with van der Waals surface area (Å²) in [5.74, 6) is 1.00. The van der Waals surface area contributed by atoms with Crippen molar-refractivity contribution in [2.24, 2.45) is 5.92 Å². The average molecular weight is 348 g/mol. The summed E-state index contributed by atoms with van der Waals surface area (Å²) in [6.07, 6.45) is 2.11. The molecule has 25 heavy (non-hydrogen) atoms. The fraction of sp³-hybridized carbons (Fsp3) is 0.611. The number of anilines is 1. The molecule has 0 saturated carbocycles. The third kappa shape index (κ3) is 5.62. The van der Waals surface area contributed by atoms with Crippen LogP contribution in [0.25, 0.3) is 0 Å². The van der Waals surface area contributed by atoms with Gasteiger partial charge in [0.05, 0.1) is 0 Å². The summed E-state index contributed by atoms with van der Waals surface area (Å²) < 4.78 is 5.23. The molecule has 2 rings (SSSR count). The van der Waals surface area contributed by atoms with Gasteiger partial charge in [-0.2, -0.15) is 0 Å². The zero-order valence-corrected chi connectivity index (χ0v) is 15.7. The Kier molecular flexibility index (Phi) is 5.87. The number of carbonyl (C=O) groups excluding carboxylic acids is 2. The Balaban J connectivity index is 1.87. The number of alkyl carbamates (subject to hydrolysis) is 1. The molecule has 138 valence electrons. The van der Waals surface area contributed by atoms with Crippen molar-refractivity contribution in [1.82, 2.24) is 15.2 Å². The van der Waals surface area contributed by atoms with E-state index in [0.717, 1.165) is 12.2 Å². The molecule has 7 nitrogen and oxygen atoms in total. The van der Waals surface area contributed by atoms with Gasteiger partial charge in [-0.05, 0) is 45.2 Å². The van der Waals surface area contributed by atoms with Crippen LogP contribution in [0.2, 0.25) is 0 Å². The predicted octanol–water partition coefficient (Wildman–Crippen LogP) is 2.13. The largest absolute Gasteiger partial charge is 0.444 e. The number of nitrogens with one attached hydrogen (secondary N) is 1. The summed E-state index contributed by atoms with van der Waals surface area (Å²) in [6, 6.07) is 3.54. The summed E-state index contributed by atoms with van der Waals surface area (Å²) in [5, 5.41) is 2.79. The van der Waals surface area contributed by atoms with E-state index in [4.69, 9.17) is 4.74 Å². The van der Waals surface area contributed by atoms with Crippen molar-refractivity contribution in [3.05, 3.63) is 23.9 Å². The minimum absolute atomic E-state index is 0.00488. The molecule has 0 spiro atoms. The summed E-state index contributed by atoms with van der Waals surface area (Å²) in [5.41, 5.74) is 0.132. The highest BCUT2D eigenvalue weighted by molar-refractivity contribution is 5.95. The van der Waals surface area contributed by atoms with Crippen LogP contribution in [0.3, 0.4) is 0 Å². The minimum atomic E-state index is -0.507. The number of hydrogen-bond acceptors (Lipinski definition) is 5. The van der Waals surface area contributed by atoms with Crippen molar-refractivity contribution in [2.45, 2.75) is 32.8 Å². The SMILES string of the molecule is CN(C)c1cc(C(=O)N2CC[C@@H](CNC(=O)OC(C)(C)C)C2)ccn1. The molecule has 0 bridgehead atoms. The van der Waals surface area contributed by atoms with Gasteiger partial charge in [0.25, 0.3) is 5.91 Å². The zero-order valence-electron chi connectivity index (χ0n) is 15.7. The number of carbonyl (C=O) groups is 2. The highest BCUT2D eigenvalue weighted by Gasteiger charge is 2.28. The fourth-order valence-corrected chi connectivity index (χ4v) is 2.70. The van der Waals surface area contributed by atoms with Gasteiger partial charge in [-0.3, -0.25) is 4.79 Å². The van der Waals surface area contributed by atoms with E-state index in [1.807, 2.05) is 44.7 Å². The first kappa shape index (κ1) is 19.0. The lowest BCUT2D eigenvalue weighted by molar-refractivity contribution is 0.0520. The Hall–Kier alpha value is -2.31. The Bertz CT molecular complexity index is 625. The molecule has 1 aromatic heterocycles. The summed E-state index contributed by atoms with van der Waals surface area (Å²) >= 11 is 0. The van der Waals surface area contributed by atoms with Gasteiger partial charge in [-0.25, -0.2) is 9.78 Å². The van der Waals surface area contributed by atoms with Crippen molar-refractivity contribution in [1.29, 1.82) is 0 Å². The molecule has 7 heteroatoms. The quantitative estimate of drug-likeness (QED) is 0.902. The third-order valence-electron chi connectivity index (χ3n) is 3.96. The number of ether oxygens (including phenoxy) is 1. The van der Waals surface area contributed by atoms with Crippen molar-refractivity contribution in [3.8, 4) is 0 Å². The van der Waals surface area contributed by atoms with Crippen molar-refractivity contribution < 1.29 is 14.3 Å². The lowest BCUT2D eigenvalue weighted by Crippen LogP contribution is -2.36. The number of pyridine rings is 1. The lowest BCUT2D eigenvalue weighted by Gasteiger charge is -2.21. The smallest absolute Gasteiger partial charge is 0.407 e. The van der Waals surface area contributed by atoms with Crippen LogP contribution in [0.15, 0.2) is 18.3 Å². The molecule has 0 aliphatic carbocycles. The summed E-state index contributed by atoms with van der Waals surface area (Å²) in [4.78, 5) is 32.3. The first-order valence-electron chi connectivity index (χ1n) is 8.55. The van der Waals surface area contributed by atoms with Crippen molar-refractivity contribution in [2.75, 3.05) is 38.6 Å². The fourth-order valence-electron chi connectivity index (χ4n) is 2.70. The molecule has 0 unspecified atom stereocenters. The Morgan fingerprint density at radius 2 is 2.12 bits per heavy atom. The molecule has 1 aromatic rings. The van der Waals surface area contributed by atoms with Gasteiger partial charge < -0.3 is 19.9 Å². The van der Waals surface area contributed by atoms with E-state index in [9.17, 15) is 9.59 Å². The van der Waals surface area contributed by atoms with E-state index in [-0.39, 0.29) is 11.8 Å². The van der Waals surface area contributed by atoms with Crippen LogP contribution in [-0.4, -0.2) is 61.2 Å². The van der Waals surface area contributed by atoms with Crippen molar-refractivity contribution >= 4 is 17.8 Å². The molecule has 2 amide bonds. The van der Waals surface area contributed by atoms with Gasteiger partial charge in [0.15, 0.2) is 0 Å². The Morgan fingerprint density at radius 3 is 2.76 bits per heavy atom. The average Bonchev–Trinajstić information content (AvgIpc) is 2.99. The Labute approximate surface area is 149 Å². The molecular weight excluding hydrogens is 320 g/mol. The molecule has 0 aromatic carbocycles. The Morgan fingerprint density at radius 1 is 1.40 bits per heavy atom. The second-order valence-electron chi connectivity index (χ2n) is 7.59. The molecule has 1 fully saturated rings. The monoisotopic (exact) mass is 348 g/mol. The zero-order chi connectivity index (χ0) is 18.6. The topological polar surface area (TPSA) is 74.8 Å². The number of rotatable bonds is 4. The number of amides is 2. The lowest BCUT2D eigenvalue weighted by atomic mass is 10.1. The maximum atomic E-state index is 12.7. The van der Waals surface area contributed by atoms with Gasteiger partial charge in [0.1, 0.15) is 11.4 Å². The summed E-state index contributed by atoms with van der Waals surface area (Å²) in [7, 11) is 3.79. The summed E-state index contributed by atoms with van der Waals surface area (Å²) in [6.45, 7) is 7.34. The maximum Gasteiger partial charge on any atom is 0.407 e. The highest BCUT2D eigenvalue weighted by Crippen LogP contribution is 2.20. The first-order chi connectivity index (χ1) is 11.7. The van der Waals surface area contributed by atoms with Crippen LogP contribution in [0, 0.1) is 5.92 Å². The second-order valence-corrected chi connectivity index (χ2v) is 7.59. The van der Waals surface area contributed by atoms with E-state index >= 15 is 0 Å². The van der Waals surface area contributed by atoms with Gasteiger partial charge in [-0.1, -0.05) is 0 Å². The number of nitrogens with zero attached hydrogens (tertiary/aromatic N) is 3. The molecule has 0 radical (unpaired) electrons. The number of hydrogen-bond donors (Lipinski definition) is 1. The third-order valence-corrected chi connectivity index (χ3v) is 3.96. The molecule has 2 heterocycles. The molecule has 1 aliphatic rings. The van der Waals surface area contributed by atoms with Crippen molar-refractivity contribution in [3.63, 3.8) is 0 Å². The molecule has 1 N–H and O–H groups in total. The number of likely N-dealkylation sites (tertiary alicyclic amines) is 1. The second kappa shape index (κ2) is 7.72. The standard InChI is InChI=1S/C18H28N4O3/c1-18(2,3)25-17(24)20-11-13-7-9-22(12-13)16(23)14-6-8-19-15(10-14)21(4)5/h6,8,10,13H,7,9,11-12H2,1-5H3,(H,20,24)/t13-/m0/s1. The van der Waals surface area contributed by atoms with E-state index in [1.165, 1.54) is 0 Å². The van der Waals surface area contributed by atoms with Crippen LogP contribution in [0.1, 0.15) is 37.6 Å². The van der Waals surface area contributed by atoms with E-state index < -0.39 is 11.7 Å². The minimum Gasteiger partial charge on any atom is -0.444 e. The predicted molar refractivity (Wildman–Crippen MR) is 96.8 cm³/mol. The maximum absolute atomic E-state index is 12.7. The first-order valence-corrected chi connectivity index (χ1v) is 8.55. The van der Waals surface area contributed by atoms with Gasteiger partial charge in [-0.15, -0.1) is 0 Å². The molecule has 1 saturated heterocycles. The highest BCUT2D eigenvalue weighted by atomic mass is 16.6. The van der Waals surface area contributed by atoms with Gasteiger partial charge >= 0.3 is 6.09 Å². The van der Waals surface area contributed by atoms with E-state index in [0.29, 0.717) is 25.2 Å².